The number of rotatable bonds is 8. The molecular weight excluding hydrogens is 517 g/mol. The van der Waals surface area contributed by atoms with Crippen LogP contribution in [-0.2, 0) is 4.79 Å². The number of piperidine rings is 1. The largest absolute Gasteiger partial charge is 0.496 e. The molecule has 2 fully saturated rings. The van der Waals surface area contributed by atoms with Gasteiger partial charge in [-0.1, -0.05) is 18.2 Å². The van der Waals surface area contributed by atoms with Crippen LogP contribution in [0.2, 0.25) is 0 Å². The molecule has 32 heavy (non-hydrogen) atoms. The van der Waals surface area contributed by atoms with Crippen molar-refractivity contribution in [1.82, 2.24) is 20.4 Å². The number of nitrogens with one attached hydrogen (secondary N) is 2. The number of guanidine groups is 1. The average Bonchev–Trinajstić information content (AvgIpc) is 3.33. The second-order valence-corrected chi connectivity index (χ2v) is 8.56. The van der Waals surface area contributed by atoms with Crippen molar-refractivity contribution in [3.63, 3.8) is 0 Å². The van der Waals surface area contributed by atoms with Gasteiger partial charge < -0.3 is 20.3 Å². The third-order valence-corrected chi connectivity index (χ3v) is 6.52. The summed E-state index contributed by atoms with van der Waals surface area (Å²) in [7, 11) is 3.51. The molecule has 180 valence electrons. The van der Waals surface area contributed by atoms with E-state index in [1.807, 2.05) is 17.0 Å². The molecule has 1 amide bonds. The molecule has 2 aliphatic rings. The van der Waals surface area contributed by atoms with Crippen molar-refractivity contribution in [2.24, 2.45) is 4.99 Å². The minimum absolute atomic E-state index is 0. The number of amides is 1. The Morgan fingerprint density at radius 1 is 1.16 bits per heavy atom. The van der Waals surface area contributed by atoms with E-state index in [4.69, 9.17) is 4.74 Å². The SMILES string of the molecule is CN=C(NCCC(=O)N1CCCCC1C)NCC(c1ccccc1OC)N1CCCC1.I. The average molecular weight is 558 g/mol. The van der Waals surface area contributed by atoms with Crippen molar-refractivity contribution >= 4 is 35.8 Å². The molecule has 0 aromatic heterocycles. The van der Waals surface area contributed by atoms with Crippen molar-refractivity contribution in [1.29, 1.82) is 0 Å². The lowest BCUT2D eigenvalue weighted by atomic mass is 10.0. The van der Waals surface area contributed by atoms with Crippen LogP contribution < -0.4 is 15.4 Å². The van der Waals surface area contributed by atoms with Gasteiger partial charge in [0.05, 0.1) is 13.2 Å². The summed E-state index contributed by atoms with van der Waals surface area (Å²) in [5.74, 6) is 1.89. The highest BCUT2D eigenvalue weighted by molar-refractivity contribution is 14.0. The van der Waals surface area contributed by atoms with E-state index in [9.17, 15) is 4.79 Å². The first kappa shape index (κ1) is 26.7. The Bertz CT molecular complexity index is 739. The highest BCUT2D eigenvalue weighted by atomic mass is 127. The monoisotopic (exact) mass is 557 g/mol. The van der Waals surface area contributed by atoms with E-state index in [-0.39, 0.29) is 35.9 Å². The number of ether oxygens (including phenoxy) is 1. The molecule has 0 aliphatic carbocycles. The first-order valence-corrected chi connectivity index (χ1v) is 11.7. The van der Waals surface area contributed by atoms with Gasteiger partial charge in [-0.05, 0) is 58.2 Å². The molecule has 0 saturated carbocycles. The first-order valence-electron chi connectivity index (χ1n) is 11.7. The molecule has 7 nitrogen and oxygen atoms in total. The highest BCUT2D eigenvalue weighted by Crippen LogP contribution is 2.31. The predicted octanol–water partition coefficient (Wildman–Crippen LogP) is 3.41. The number of likely N-dealkylation sites (tertiary alicyclic amines) is 2. The molecule has 2 N–H and O–H groups in total. The first-order chi connectivity index (χ1) is 15.1. The zero-order valence-corrected chi connectivity index (χ0v) is 22.1. The molecule has 1 aromatic rings. The summed E-state index contributed by atoms with van der Waals surface area (Å²) < 4.78 is 5.63. The molecule has 2 atom stereocenters. The number of hydrogen-bond donors (Lipinski definition) is 2. The van der Waals surface area contributed by atoms with Gasteiger partial charge in [0.1, 0.15) is 5.75 Å². The summed E-state index contributed by atoms with van der Waals surface area (Å²) >= 11 is 0. The van der Waals surface area contributed by atoms with E-state index in [1.165, 1.54) is 24.8 Å². The third kappa shape index (κ3) is 7.23. The smallest absolute Gasteiger partial charge is 0.224 e. The number of halogens is 1. The fourth-order valence-corrected chi connectivity index (χ4v) is 4.74. The van der Waals surface area contributed by atoms with E-state index in [1.54, 1.807) is 14.2 Å². The van der Waals surface area contributed by atoms with Gasteiger partial charge in [-0.15, -0.1) is 24.0 Å². The molecule has 2 unspecified atom stereocenters. The van der Waals surface area contributed by atoms with Crippen LogP contribution in [0.4, 0.5) is 0 Å². The third-order valence-electron chi connectivity index (χ3n) is 6.52. The summed E-state index contributed by atoms with van der Waals surface area (Å²) in [6.45, 7) is 6.56. The van der Waals surface area contributed by atoms with E-state index < -0.39 is 0 Å². The lowest BCUT2D eigenvalue weighted by molar-refractivity contribution is -0.134. The summed E-state index contributed by atoms with van der Waals surface area (Å²) in [5.41, 5.74) is 1.20. The number of aliphatic imine (C=N–C) groups is 1. The Balaban J connectivity index is 0.00000363. The van der Waals surface area contributed by atoms with Crippen LogP contribution in [0.25, 0.3) is 0 Å². The van der Waals surface area contributed by atoms with Gasteiger partial charge in [-0.2, -0.15) is 0 Å². The standard InChI is InChI=1S/C24H39N5O2.HI/c1-19-10-6-7-17-29(19)23(30)13-14-26-24(25-2)27-18-21(28-15-8-9-16-28)20-11-4-5-12-22(20)31-3;/h4-5,11-12,19,21H,6-10,13-18H2,1-3H3,(H2,25,26,27);1H. The molecule has 0 radical (unpaired) electrons. The highest BCUT2D eigenvalue weighted by Gasteiger charge is 2.26. The van der Waals surface area contributed by atoms with Crippen LogP contribution in [0.3, 0.4) is 0 Å². The molecular formula is C24H40IN5O2. The van der Waals surface area contributed by atoms with Crippen molar-refractivity contribution in [3.05, 3.63) is 29.8 Å². The second kappa shape index (κ2) is 13.9. The molecule has 0 bridgehead atoms. The second-order valence-electron chi connectivity index (χ2n) is 8.56. The Hall–Kier alpha value is -1.55. The van der Waals surface area contributed by atoms with Crippen LogP contribution >= 0.6 is 24.0 Å². The molecule has 0 spiro atoms. The number of methoxy groups -OCH3 is 1. The van der Waals surface area contributed by atoms with Crippen LogP contribution in [0.1, 0.15) is 57.1 Å². The quantitative estimate of drug-likeness (QED) is 0.292. The van der Waals surface area contributed by atoms with Gasteiger partial charge in [0, 0.05) is 44.7 Å². The van der Waals surface area contributed by atoms with Gasteiger partial charge in [-0.3, -0.25) is 14.7 Å². The number of para-hydroxylation sites is 1. The molecule has 3 rings (SSSR count). The Labute approximate surface area is 210 Å². The summed E-state index contributed by atoms with van der Waals surface area (Å²) in [5, 5.41) is 6.80. The van der Waals surface area contributed by atoms with Crippen LogP contribution in [-0.4, -0.2) is 74.6 Å². The Morgan fingerprint density at radius 2 is 1.88 bits per heavy atom. The normalized spacial score (nSPS) is 20.4. The van der Waals surface area contributed by atoms with Gasteiger partial charge in [0.15, 0.2) is 5.96 Å². The molecule has 2 heterocycles. The Kier molecular flexibility index (Phi) is 11.6. The number of nitrogens with zero attached hydrogens (tertiary/aromatic N) is 3. The van der Waals surface area contributed by atoms with Crippen LogP contribution in [0, 0.1) is 0 Å². The van der Waals surface area contributed by atoms with E-state index >= 15 is 0 Å². The van der Waals surface area contributed by atoms with Gasteiger partial charge in [-0.25, -0.2) is 0 Å². The van der Waals surface area contributed by atoms with Crippen molar-refractivity contribution < 1.29 is 9.53 Å². The maximum Gasteiger partial charge on any atom is 0.224 e. The Morgan fingerprint density at radius 3 is 2.56 bits per heavy atom. The minimum Gasteiger partial charge on any atom is -0.496 e. The number of hydrogen-bond acceptors (Lipinski definition) is 4. The fourth-order valence-electron chi connectivity index (χ4n) is 4.74. The molecule has 2 aliphatic heterocycles. The van der Waals surface area contributed by atoms with Crippen molar-refractivity contribution in [3.8, 4) is 5.75 Å². The fraction of sp³-hybridized carbons (Fsp3) is 0.667. The summed E-state index contributed by atoms with van der Waals surface area (Å²) in [4.78, 5) is 21.5. The zero-order valence-electron chi connectivity index (χ0n) is 19.8. The zero-order chi connectivity index (χ0) is 22.1. The van der Waals surface area contributed by atoms with E-state index in [2.05, 4.69) is 39.6 Å². The molecule has 2 saturated heterocycles. The van der Waals surface area contributed by atoms with E-state index in [0.29, 0.717) is 19.0 Å². The number of carbonyl (C=O) groups excluding carboxylic acids is 1. The maximum absolute atomic E-state index is 12.6. The maximum atomic E-state index is 12.6. The number of carbonyl (C=O) groups is 1. The van der Waals surface area contributed by atoms with Gasteiger partial charge >= 0.3 is 0 Å². The van der Waals surface area contributed by atoms with Crippen LogP contribution in [0.15, 0.2) is 29.3 Å². The summed E-state index contributed by atoms with van der Waals surface area (Å²) in [6.07, 6.45) is 6.42. The molecule has 1 aromatic carbocycles. The summed E-state index contributed by atoms with van der Waals surface area (Å²) in [6, 6.07) is 8.84. The van der Waals surface area contributed by atoms with Crippen molar-refractivity contribution in [2.45, 2.75) is 57.5 Å². The van der Waals surface area contributed by atoms with Crippen LogP contribution in [0.5, 0.6) is 5.75 Å². The van der Waals surface area contributed by atoms with Gasteiger partial charge in [0.25, 0.3) is 0 Å². The van der Waals surface area contributed by atoms with Crippen molar-refractivity contribution in [2.75, 3.05) is 46.9 Å². The minimum atomic E-state index is 0. The number of benzene rings is 1. The predicted molar refractivity (Wildman–Crippen MR) is 141 cm³/mol. The lowest BCUT2D eigenvalue weighted by Crippen LogP contribution is -2.45. The lowest BCUT2D eigenvalue weighted by Gasteiger charge is -2.33. The topological polar surface area (TPSA) is 69.2 Å². The molecule has 8 heteroatoms. The van der Waals surface area contributed by atoms with Gasteiger partial charge in [0.2, 0.25) is 5.91 Å². The van der Waals surface area contributed by atoms with E-state index in [0.717, 1.165) is 50.7 Å².